The van der Waals surface area contributed by atoms with Gasteiger partial charge in [0.1, 0.15) is 11.2 Å². The standard InChI is InChI=1S/C19H20N6O3S/c26-17(21-14-4-6-15(7-5-14)24-9-2-1-3-10-24)12-28-19(27)18-16(8-11-29-18)25-13-20-22-23-25/h4-8,11,13H,1-3,9-10,12H2,(H,21,26). The molecule has 29 heavy (non-hydrogen) atoms. The number of hydrogen-bond donors (Lipinski definition) is 1. The summed E-state index contributed by atoms with van der Waals surface area (Å²) in [5.74, 6) is -0.995. The van der Waals surface area contributed by atoms with E-state index in [0.717, 1.165) is 18.8 Å². The fourth-order valence-electron chi connectivity index (χ4n) is 3.21. The van der Waals surface area contributed by atoms with Crippen molar-refractivity contribution in [3.63, 3.8) is 0 Å². The average Bonchev–Trinajstić information content (AvgIpc) is 3.45. The van der Waals surface area contributed by atoms with Crippen LogP contribution < -0.4 is 10.2 Å². The highest BCUT2D eigenvalue weighted by molar-refractivity contribution is 7.12. The Morgan fingerprint density at radius 1 is 1.10 bits per heavy atom. The van der Waals surface area contributed by atoms with Crippen LogP contribution in [0.15, 0.2) is 42.0 Å². The van der Waals surface area contributed by atoms with Crippen molar-refractivity contribution in [2.45, 2.75) is 19.3 Å². The zero-order valence-corrected chi connectivity index (χ0v) is 16.5. The normalized spacial score (nSPS) is 13.9. The summed E-state index contributed by atoms with van der Waals surface area (Å²) in [6.07, 6.45) is 5.09. The smallest absolute Gasteiger partial charge is 0.351 e. The molecule has 150 valence electrons. The first-order chi connectivity index (χ1) is 14.2. The van der Waals surface area contributed by atoms with E-state index >= 15 is 0 Å². The van der Waals surface area contributed by atoms with Crippen LogP contribution in [-0.4, -0.2) is 51.8 Å². The summed E-state index contributed by atoms with van der Waals surface area (Å²) in [7, 11) is 0. The van der Waals surface area contributed by atoms with Crippen molar-refractivity contribution in [2.24, 2.45) is 0 Å². The van der Waals surface area contributed by atoms with Crippen LogP contribution in [0.2, 0.25) is 0 Å². The Bertz CT molecular complexity index is 964. The Morgan fingerprint density at radius 2 is 1.90 bits per heavy atom. The molecule has 9 nitrogen and oxygen atoms in total. The van der Waals surface area contributed by atoms with Gasteiger partial charge in [0.2, 0.25) is 0 Å². The highest BCUT2D eigenvalue weighted by atomic mass is 32.1. The van der Waals surface area contributed by atoms with Crippen LogP contribution in [-0.2, 0) is 9.53 Å². The molecule has 1 saturated heterocycles. The molecule has 1 aliphatic heterocycles. The van der Waals surface area contributed by atoms with Gasteiger partial charge in [-0.2, -0.15) is 4.68 Å². The SMILES string of the molecule is O=C(COC(=O)c1sccc1-n1cnnn1)Nc1ccc(N2CCCCC2)cc1. The number of piperidine rings is 1. The summed E-state index contributed by atoms with van der Waals surface area (Å²) in [5, 5.41) is 15.4. The monoisotopic (exact) mass is 412 g/mol. The molecule has 10 heteroatoms. The first-order valence-corrected chi connectivity index (χ1v) is 10.2. The van der Waals surface area contributed by atoms with Crippen molar-refractivity contribution in [3.05, 3.63) is 46.9 Å². The molecule has 2 aromatic heterocycles. The van der Waals surface area contributed by atoms with E-state index in [-0.39, 0.29) is 6.61 Å². The zero-order chi connectivity index (χ0) is 20.1. The van der Waals surface area contributed by atoms with E-state index in [4.69, 9.17) is 4.74 Å². The van der Waals surface area contributed by atoms with Crippen LogP contribution in [0, 0.1) is 0 Å². The van der Waals surface area contributed by atoms with Crippen molar-refractivity contribution in [1.29, 1.82) is 0 Å². The first-order valence-electron chi connectivity index (χ1n) is 9.33. The molecule has 0 unspecified atom stereocenters. The largest absolute Gasteiger partial charge is 0.451 e. The third-order valence-corrected chi connectivity index (χ3v) is 5.52. The molecule has 1 fully saturated rings. The fraction of sp³-hybridized carbons (Fsp3) is 0.316. The molecule has 3 aromatic rings. The van der Waals surface area contributed by atoms with E-state index in [1.54, 1.807) is 11.4 Å². The van der Waals surface area contributed by atoms with Gasteiger partial charge < -0.3 is 15.0 Å². The van der Waals surface area contributed by atoms with Gasteiger partial charge in [-0.15, -0.1) is 16.4 Å². The van der Waals surface area contributed by atoms with Crippen molar-refractivity contribution in [2.75, 3.05) is 29.9 Å². The van der Waals surface area contributed by atoms with Crippen molar-refractivity contribution < 1.29 is 14.3 Å². The summed E-state index contributed by atoms with van der Waals surface area (Å²) in [6, 6.07) is 9.42. The van der Waals surface area contributed by atoms with Gasteiger partial charge in [-0.3, -0.25) is 4.79 Å². The molecule has 0 saturated carbocycles. The second-order valence-electron chi connectivity index (χ2n) is 6.61. The topological polar surface area (TPSA) is 102 Å². The van der Waals surface area contributed by atoms with Crippen LogP contribution in [0.25, 0.3) is 5.69 Å². The highest BCUT2D eigenvalue weighted by Gasteiger charge is 2.18. The highest BCUT2D eigenvalue weighted by Crippen LogP contribution is 2.22. The number of tetrazole rings is 1. The maximum Gasteiger partial charge on any atom is 0.351 e. The number of ether oxygens (including phenoxy) is 1. The molecule has 4 rings (SSSR count). The number of aromatic nitrogens is 4. The van der Waals surface area contributed by atoms with Crippen LogP contribution in [0.4, 0.5) is 11.4 Å². The second-order valence-corrected chi connectivity index (χ2v) is 7.52. The fourth-order valence-corrected chi connectivity index (χ4v) is 3.98. The maximum atomic E-state index is 12.3. The molecule has 0 radical (unpaired) electrons. The molecule has 1 N–H and O–H groups in total. The lowest BCUT2D eigenvalue weighted by Crippen LogP contribution is -2.29. The van der Waals surface area contributed by atoms with E-state index in [0.29, 0.717) is 16.3 Å². The van der Waals surface area contributed by atoms with E-state index in [9.17, 15) is 9.59 Å². The Balaban J connectivity index is 1.30. The van der Waals surface area contributed by atoms with Crippen LogP contribution in [0.3, 0.4) is 0 Å². The number of esters is 1. The van der Waals surface area contributed by atoms with Gasteiger partial charge in [-0.1, -0.05) is 0 Å². The van der Waals surface area contributed by atoms with Crippen LogP contribution in [0.1, 0.15) is 28.9 Å². The molecule has 0 bridgehead atoms. The van der Waals surface area contributed by atoms with Crippen molar-refractivity contribution in [1.82, 2.24) is 20.2 Å². The van der Waals surface area contributed by atoms with Gasteiger partial charge in [0.05, 0.1) is 5.69 Å². The van der Waals surface area contributed by atoms with Gasteiger partial charge in [0.25, 0.3) is 5.91 Å². The summed E-state index contributed by atoms with van der Waals surface area (Å²) in [5.41, 5.74) is 2.33. The predicted molar refractivity (Wildman–Crippen MR) is 108 cm³/mol. The molecule has 0 spiro atoms. The summed E-state index contributed by atoms with van der Waals surface area (Å²) in [4.78, 5) is 27.1. The lowest BCUT2D eigenvalue weighted by Gasteiger charge is -2.28. The van der Waals surface area contributed by atoms with Gasteiger partial charge >= 0.3 is 5.97 Å². The third-order valence-electron chi connectivity index (χ3n) is 4.63. The van der Waals surface area contributed by atoms with Crippen LogP contribution >= 0.6 is 11.3 Å². The molecule has 1 amide bonds. The van der Waals surface area contributed by atoms with Gasteiger partial charge in [-0.25, -0.2) is 4.79 Å². The Hall–Kier alpha value is -3.27. The number of nitrogens with zero attached hydrogens (tertiary/aromatic N) is 5. The Labute approximate surface area is 171 Å². The van der Waals surface area contributed by atoms with Gasteiger partial charge in [0.15, 0.2) is 6.61 Å². The maximum absolute atomic E-state index is 12.3. The number of thiophene rings is 1. The van der Waals surface area contributed by atoms with E-state index in [1.165, 1.54) is 41.6 Å². The molecule has 0 atom stereocenters. The zero-order valence-electron chi connectivity index (χ0n) is 15.7. The number of amides is 1. The lowest BCUT2D eigenvalue weighted by molar-refractivity contribution is -0.119. The van der Waals surface area contributed by atoms with Gasteiger partial charge in [-0.05, 0) is 65.4 Å². The number of carbonyl (C=O) groups excluding carboxylic acids is 2. The van der Waals surface area contributed by atoms with E-state index in [1.807, 2.05) is 24.3 Å². The first kappa shape index (κ1) is 19.1. The Morgan fingerprint density at radius 3 is 2.62 bits per heavy atom. The summed E-state index contributed by atoms with van der Waals surface area (Å²) >= 11 is 1.20. The van der Waals surface area contributed by atoms with Gasteiger partial charge in [0, 0.05) is 24.5 Å². The van der Waals surface area contributed by atoms with Crippen LogP contribution in [0.5, 0.6) is 0 Å². The number of benzene rings is 1. The second kappa shape index (κ2) is 8.82. The molecular weight excluding hydrogens is 392 g/mol. The summed E-state index contributed by atoms with van der Waals surface area (Å²) < 4.78 is 6.52. The number of carbonyl (C=O) groups is 2. The Kier molecular flexibility index (Phi) is 5.80. The van der Waals surface area contributed by atoms with Crippen molar-refractivity contribution in [3.8, 4) is 5.69 Å². The summed E-state index contributed by atoms with van der Waals surface area (Å²) in [6.45, 7) is 1.76. The number of hydrogen-bond acceptors (Lipinski definition) is 8. The molecule has 3 heterocycles. The molecule has 1 aromatic carbocycles. The van der Waals surface area contributed by atoms with E-state index < -0.39 is 11.9 Å². The lowest BCUT2D eigenvalue weighted by atomic mass is 10.1. The molecular formula is C19H20N6O3S. The van der Waals surface area contributed by atoms with Crippen molar-refractivity contribution >= 4 is 34.6 Å². The minimum absolute atomic E-state index is 0.330. The average molecular weight is 412 g/mol. The number of rotatable bonds is 6. The minimum atomic E-state index is -0.596. The number of anilines is 2. The number of nitrogens with one attached hydrogen (secondary N) is 1. The van der Waals surface area contributed by atoms with E-state index in [2.05, 4.69) is 25.7 Å². The quantitative estimate of drug-likeness (QED) is 0.621. The molecule has 1 aliphatic rings. The predicted octanol–water partition coefficient (Wildman–Crippen LogP) is 2.51. The molecule has 0 aliphatic carbocycles. The third kappa shape index (κ3) is 4.60. The minimum Gasteiger partial charge on any atom is -0.451 e.